The van der Waals surface area contributed by atoms with Gasteiger partial charge in [0.05, 0.1) is 12.8 Å². The maximum Gasteiger partial charge on any atom is 0.317 e. The number of ether oxygens (including phenoxy) is 1. The van der Waals surface area contributed by atoms with Gasteiger partial charge in [-0.15, -0.1) is 0 Å². The van der Waals surface area contributed by atoms with Crippen molar-refractivity contribution in [2.24, 2.45) is 0 Å². The number of hydrogen-bond acceptors (Lipinski definition) is 4. The molecule has 2 amide bonds. The van der Waals surface area contributed by atoms with E-state index in [0.29, 0.717) is 6.04 Å². The first kappa shape index (κ1) is 17.3. The number of piperidine rings is 1. The number of nitrogens with one attached hydrogen (secondary N) is 1. The molecule has 1 atom stereocenters. The summed E-state index contributed by atoms with van der Waals surface area (Å²) in [4.78, 5) is 16.7. The van der Waals surface area contributed by atoms with Gasteiger partial charge in [0, 0.05) is 38.0 Å². The summed E-state index contributed by atoms with van der Waals surface area (Å²) in [5.41, 5.74) is 1.14. The highest BCUT2D eigenvalue weighted by molar-refractivity contribution is 7.99. The molecule has 0 saturated carbocycles. The van der Waals surface area contributed by atoms with Gasteiger partial charge < -0.3 is 19.9 Å². The molecule has 2 heterocycles. The topological polar surface area (TPSA) is 44.8 Å². The summed E-state index contributed by atoms with van der Waals surface area (Å²) in [5, 5.41) is 3.22. The van der Waals surface area contributed by atoms with Crippen LogP contribution in [0.15, 0.2) is 24.3 Å². The lowest BCUT2D eigenvalue weighted by molar-refractivity contribution is 0.189. The predicted octanol–water partition coefficient (Wildman–Crippen LogP) is 2.81. The highest BCUT2D eigenvalue weighted by Gasteiger charge is 2.27. The van der Waals surface area contributed by atoms with Crippen molar-refractivity contribution in [1.82, 2.24) is 10.2 Å². The number of amides is 2. The number of benzene rings is 1. The molecule has 1 aromatic carbocycles. The van der Waals surface area contributed by atoms with Crippen LogP contribution in [0.5, 0.6) is 5.75 Å². The third kappa shape index (κ3) is 3.91. The van der Waals surface area contributed by atoms with Crippen LogP contribution < -0.4 is 15.0 Å². The molecule has 132 valence electrons. The lowest BCUT2D eigenvalue weighted by Gasteiger charge is -2.35. The fraction of sp³-hybridized carbons (Fsp3) is 0.611. The van der Waals surface area contributed by atoms with Crippen molar-refractivity contribution in [3.63, 3.8) is 0 Å². The molecule has 0 spiro atoms. The zero-order valence-corrected chi connectivity index (χ0v) is 15.3. The standard InChI is InChI=1S/C18H27N3O2S/c1-20(15-9-12-24-13-15)18(22)19-14-7-10-21(11-8-14)16-5-3-4-6-17(16)23-2/h3-6,14-15H,7-13H2,1-2H3,(H,19,22). The Morgan fingerprint density at radius 2 is 2.04 bits per heavy atom. The third-order valence-electron chi connectivity index (χ3n) is 5.02. The Balaban J connectivity index is 1.50. The van der Waals surface area contributed by atoms with Crippen LogP contribution >= 0.6 is 11.8 Å². The van der Waals surface area contributed by atoms with Gasteiger partial charge in [-0.3, -0.25) is 0 Å². The second kappa shape index (κ2) is 8.01. The summed E-state index contributed by atoms with van der Waals surface area (Å²) in [7, 11) is 3.64. The second-order valence-electron chi connectivity index (χ2n) is 6.51. The Hall–Kier alpha value is -1.56. The molecule has 2 saturated heterocycles. The first-order chi connectivity index (χ1) is 11.7. The van der Waals surface area contributed by atoms with E-state index in [1.807, 2.05) is 41.9 Å². The number of carbonyl (C=O) groups is 1. The van der Waals surface area contributed by atoms with Gasteiger partial charge in [-0.2, -0.15) is 11.8 Å². The van der Waals surface area contributed by atoms with Crippen LogP contribution in [0.4, 0.5) is 10.5 Å². The van der Waals surface area contributed by atoms with Crippen molar-refractivity contribution in [2.75, 3.05) is 43.7 Å². The van der Waals surface area contributed by atoms with Gasteiger partial charge >= 0.3 is 6.03 Å². The average Bonchev–Trinajstić information content (AvgIpc) is 3.16. The van der Waals surface area contributed by atoms with Crippen molar-refractivity contribution in [2.45, 2.75) is 31.3 Å². The minimum Gasteiger partial charge on any atom is -0.495 e. The van der Waals surface area contributed by atoms with E-state index in [1.165, 1.54) is 5.75 Å². The zero-order chi connectivity index (χ0) is 16.9. The number of anilines is 1. The highest BCUT2D eigenvalue weighted by Crippen LogP contribution is 2.30. The van der Waals surface area contributed by atoms with Gasteiger partial charge in [0.15, 0.2) is 0 Å². The maximum absolute atomic E-state index is 12.4. The molecule has 0 aliphatic carbocycles. The molecule has 0 radical (unpaired) electrons. The number of nitrogens with zero attached hydrogens (tertiary/aromatic N) is 2. The van der Waals surface area contributed by atoms with E-state index in [-0.39, 0.29) is 12.1 Å². The molecule has 2 aliphatic rings. The van der Waals surface area contributed by atoms with Crippen LogP contribution in [-0.4, -0.2) is 61.8 Å². The lowest BCUT2D eigenvalue weighted by atomic mass is 10.0. The van der Waals surface area contributed by atoms with Gasteiger partial charge in [0.25, 0.3) is 0 Å². The van der Waals surface area contributed by atoms with Gasteiger partial charge in [0.2, 0.25) is 0 Å². The molecule has 1 N–H and O–H groups in total. The summed E-state index contributed by atoms with van der Waals surface area (Å²) in [5.74, 6) is 3.15. The maximum atomic E-state index is 12.4. The number of methoxy groups -OCH3 is 1. The number of para-hydroxylation sites is 2. The van der Waals surface area contributed by atoms with E-state index in [1.54, 1.807) is 7.11 Å². The molecule has 1 unspecified atom stereocenters. The highest BCUT2D eigenvalue weighted by atomic mass is 32.2. The Morgan fingerprint density at radius 1 is 1.29 bits per heavy atom. The molecule has 5 nitrogen and oxygen atoms in total. The molecule has 1 aromatic rings. The molecule has 0 aromatic heterocycles. The first-order valence-corrected chi connectivity index (χ1v) is 9.83. The minimum absolute atomic E-state index is 0.0817. The second-order valence-corrected chi connectivity index (χ2v) is 7.66. The van der Waals surface area contributed by atoms with Gasteiger partial charge in [0.1, 0.15) is 5.75 Å². The molecule has 3 rings (SSSR count). The van der Waals surface area contributed by atoms with Crippen LogP contribution in [0, 0.1) is 0 Å². The number of urea groups is 1. The number of carbonyl (C=O) groups excluding carboxylic acids is 1. The number of rotatable bonds is 4. The van der Waals surface area contributed by atoms with Crippen LogP contribution in [0.3, 0.4) is 0 Å². The Morgan fingerprint density at radius 3 is 2.71 bits per heavy atom. The smallest absolute Gasteiger partial charge is 0.317 e. The monoisotopic (exact) mass is 349 g/mol. The largest absolute Gasteiger partial charge is 0.495 e. The van der Waals surface area contributed by atoms with Crippen LogP contribution in [0.25, 0.3) is 0 Å². The van der Waals surface area contributed by atoms with Gasteiger partial charge in [-0.05, 0) is 37.1 Å². The summed E-state index contributed by atoms with van der Waals surface area (Å²) in [6.07, 6.45) is 3.05. The van der Waals surface area contributed by atoms with Crippen molar-refractivity contribution in [1.29, 1.82) is 0 Å². The minimum atomic E-state index is 0.0817. The number of hydrogen-bond donors (Lipinski definition) is 1. The SMILES string of the molecule is COc1ccccc1N1CCC(NC(=O)N(C)C2CCSC2)CC1. The summed E-state index contributed by atoms with van der Waals surface area (Å²) in [6.45, 7) is 1.88. The van der Waals surface area contributed by atoms with Crippen LogP contribution in [0.2, 0.25) is 0 Å². The molecule has 2 fully saturated rings. The van der Waals surface area contributed by atoms with E-state index >= 15 is 0 Å². The van der Waals surface area contributed by atoms with Gasteiger partial charge in [-0.25, -0.2) is 4.79 Å². The van der Waals surface area contributed by atoms with Crippen molar-refractivity contribution >= 4 is 23.5 Å². The zero-order valence-electron chi connectivity index (χ0n) is 14.5. The third-order valence-corrected chi connectivity index (χ3v) is 6.17. The van der Waals surface area contributed by atoms with Crippen molar-refractivity contribution < 1.29 is 9.53 Å². The molecule has 6 heteroatoms. The van der Waals surface area contributed by atoms with Crippen LogP contribution in [0.1, 0.15) is 19.3 Å². The summed E-state index contributed by atoms with van der Waals surface area (Å²) >= 11 is 1.94. The molecular formula is C18H27N3O2S. The Kier molecular flexibility index (Phi) is 5.76. The fourth-order valence-electron chi connectivity index (χ4n) is 3.43. The van der Waals surface area contributed by atoms with E-state index in [9.17, 15) is 4.79 Å². The predicted molar refractivity (Wildman–Crippen MR) is 100 cm³/mol. The average molecular weight is 350 g/mol. The fourth-order valence-corrected chi connectivity index (χ4v) is 4.69. The van der Waals surface area contributed by atoms with E-state index in [4.69, 9.17) is 4.74 Å². The molecular weight excluding hydrogens is 322 g/mol. The summed E-state index contributed by atoms with van der Waals surface area (Å²) < 4.78 is 5.46. The van der Waals surface area contributed by atoms with Crippen LogP contribution in [-0.2, 0) is 0 Å². The lowest BCUT2D eigenvalue weighted by Crippen LogP contribution is -2.50. The van der Waals surface area contributed by atoms with E-state index in [2.05, 4.69) is 16.3 Å². The van der Waals surface area contributed by atoms with E-state index < -0.39 is 0 Å². The number of thioether (sulfide) groups is 1. The Labute approximate surface area is 148 Å². The first-order valence-electron chi connectivity index (χ1n) is 8.68. The quantitative estimate of drug-likeness (QED) is 0.908. The molecule has 0 bridgehead atoms. The van der Waals surface area contributed by atoms with Crippen molar-refractivity contribution in [3.05, 3.63) is 24.3 Å². The van der Waals surface area contributed by atoms with Gasteiger partial charge in [-0.1, -0.05) is 12.1 Å². The molecule has 24 heavy (non-hydrogen) atoms. The Bertz CT molecular complexity index is 555. The summed E-state index contributed by atoms with van der Waals surface area (Å²) in [6, 6.07) is 8.87. The van der Waals surface area contributed by atoms with E-state index in [0.717, 1.165) is 49.5 Å². The van der Waals surface area contributed by atoms with Crippen molar-refractivity contribution in [3.8, 4) is 5.75 Å². The normalized spacial score (nSPS) is 21.6. The molecule has 2 aliphatic heterocycles.